The Hall–Kier alpha value is -5.38. The van der Waals surface area contributed by atoms with Crippen LogP contribution in [-0.4, -0.2) is 10.6 Å². The number of hydrogen-bond acceptors (Lipinski definition) is 0. The minimum Gasteiger partial charge on any atom is -0.0687 e. The van der Waals surface area contributed by atoms with Crippen LogP contribution in [0.25, 0.3) is 55.6 Å². The van der Waals surface area contributed by atoms with E-state index in [4.69, 9.17) is 0 Å². The second-order valence-electron chi connectivity index (χ2n) is 14.0. The summed E-state index contributed by atoms with van der Waals surface area (Å²) in [4.78, 5) is 0. The van der Waals surface area contributed by atoms with Gasteiger partial charge in [-0.3, -0.25) is 0 Å². The Morgan fingerprint density at radius 3 is 1.12 bits per heavy atom. The Labute approximate surface area is 294 Å². The van der Waals surface area contributed by atoms with Crippen molar-refractivity contribution in [3.63, 3.8) is 0 Å². The predicted octanol–water partition coefficient (Wildman–Crippen LogP) is 10.3. The van der Waals surface area contributed by atoms with E-state index in [-0.39, 0.29) is 0 Å². The minimum atomic E-state index is -0.513. The van der Waals surface area contributed by atoms with Crippen LogP contribution in [0.3, 0.4) is 0 Å². The zero-order valence-electron chi connectivity index (χ0n) is 27.2. The molecule has 4 aliphatic heterocycles. The first kappa shape index (κ1) is 27.4. The van der Waals surface area contributed by atoms with E-state index in [1.807, 2.05) is 0 Å². The molecule has 12 rings (SSSR count). The monoisotopic (exact) mass is 668 g/mol. The van der Waals surface area contributed by atoms with Crippen molar-refractivity contribution in [2.45, 2.75) is 11.8 Å². The van der Waals surface area contributed by atoms with Gasteiger partial charge in [0.25, 0.3) is 0 Å². The molecule has 2 aliphatic carbocycles. The molecule has 230 valence electrons. The quantitative estimate of drug-likeness (QED) is 0.164. The van der Waals surface area contributed by atoms with Crippen LogP contribution in [0.15, 0.2) is 170 Å². The molecular weight excluding hydrogens is 638 g/mol. The molecule has 4 heterocycles. The number of allylic oxidation sites excluding steroid dienone is 8. The van der Waals surface area contributed by atoms with E-state index >= 15 is 0 Å². The van der Waals surface area contributed by atoms with Gasteiger partial charge >= 0.3 is 0 Å². The molecule has 6 aromatic carbocycles. The van der Waals surface area contributed by atoms with Gasteiger partial charge in [0.2, 0.25) is 0 Å². The van der Waals surface area contributed by atoms with E-state index in [1.54, 1.807) is 21.2 Å². The zero-order valence-corrected chi connectivity index (χ0v) is 29.0. The average molecular weight is 669 g/mol. The van der Waals surface area contributed by atoms with Crippen molar-refractivity contribution < 1.29 is 0 Å². The van der Waals surface area contributed by atoms with Gasteiger partial charge < -0.3 is 0 Å². The van der Waals surface area contributed by atoms with Gasteiger partial charge in [-0.05, 0) is 70.8 Å². The lowest BCUT2D eigenvalue weighted by atomic mass is 9.90. The predicted molar refractivity (Wildman–Crippen MR) is 218 cm³/mol. The van der Waals surface area contributed by atoms with E-state index < -0.39 is 15.1 Å². The van der Waals surface area contributed by atoms with Crippen molar-refractivity contribution in [2.24, 2.45) is 0 Å². The molecule has 0 spiro atoms. The summed E-state index contributed by atoms with van der Waals surface area (Å²) < 4.78 is 0. The lowest BCUT2D eigenvalue weighted by Crippen LogP contribution is -2.10. The van der Waals surface area contributed by atoms with E-state index in [1.165, 1.54) is 77.4 Å². The molecule has 2 heteroatoms. The summed E-state index contributed by atoms with van der Waals surface area (Å²) in [5, 5.41) is 9.42. The molecule has 6 aromatic rings. The third-order valence-electron chi connectivity index (χ3n) is 11.6. The van der Waals surface area contributed by atoms with Gasteiger partial charge in [0.05, 0.1) is 11.8 Å². The van der Waals surface area contributed by atoms with Gasteiger partial charge in [-0.25, -0.2) is 0 Å². The average Bonchev–Trinajstić information content (AvgIpc) is 3.92. The Morgan fingerprint density at radius 2 is 0.680 bits per heavy atom. The second kappa shape index (κ2) is 10.1. The molecular formula is C48H30P2+2. The third-order valence-corrected chi connectivity index (χ3v) is 17.2. The molecule has 0 radical (unpaired) electrons. The highest BCUT2D eigenvalue weighted by atomic mass is 31.1. The Morgan fingerprint density at radius 1 is 0.320 bits per heavy atom. The molecule has 0 bridgehead atoms. The van der Waals surface area contributed by atoms with Crippen molar-refractivity contribution >= 4 is 46.9 Å². The van der Waals surface area contributed by atoms with Crippen LogP contribution in [0.5, 0.6) is 0 Å². The lowest BCUT2D eigenvalue weighted by Gasteiger charge is -2.11. The summed E-state index contributed by atoms with van der Waals surface area (Å²) in [6.45, 7) is 0. The second-order valence-corrected chi connectivity index (χ2v) is 18.2. The maximum absolute atomic E-state index is 2.40. The topological polar surface area (TPSA) is 0 Å². The molecule has 4 unspecified atom stereocenters. The zero-order chi connectivity index (χ0) is 32.5. The van der Waals surface area contributed by atoms with E-state index in [9.17, 15) is 0 Å². The van der Waals surface area contributed by atoms with E-state index in [0.717, 1.165) is 0 Å². The molecule has 0 saturated heterocycles. The summed E-state index contributed by atoms with van der Waals surface area (Å²) >= 11 is 0. The molecule has 6 aliphatic rings. The third kappa shape index (κ3) is 3.53. The van der Waals surface area contributed by atoms with Crippen LogP contribution < -0.4 is 21.2 Å². The van der Waals surface area contributed by atoms with Gasteiger partial charge in [-0.1, -0.05) is 121 Å². The Balaban J connectivity index is 0.914. The maximum atomic E-state index is 2.40. The summed E-state index contributed by atoms with van der Waals surface area (Å²) in [6, 6.07) is 46.4. The molecule has 0 saturated carbocycles. The van der Waals surface area contributed by atoms with E-state index in [2.05, 4.69) is 170 Å². The smallest absolute Gasteiger partial charge is 0.0687 e. The Kier molecular flexibility index (Phi) is 5.54. The standard InChI is InChI=1S/C48H30P2/c1-3-19-43-35(9-1)37-13-7-17-41-39-15-5-11-33(45(39)49(43)47(37)41)31-25-21-29(22-26-31)30-23-27-32(28-24-30)34-12-6-16-40-42-18-8-14-38-36-10-2-4-20-44(36)50(46(34)40)48(38)42/h1-28,35-36H/q+2. The summed E-state index contributed by atoms with van der Waals surface area (Å²) in [5.74, 6) is 0.849. The fourth-order valence-electron chi connectivity index (χ4n) is 9.47. The summed E-state index contributed by atoms with van der Waals surface area (Å²) in [7, 11) is -1.03. The fourth-order valence-corrected chi connectivity index (χ4v) is 16.0. The number of hydrogen-bond donors (Lipinski definition) is 0. The van der Waals surface area contributed by atoms with Crippen LogP contribution >= 0.6 is 15.1 Å². The van der Waals surface area contributed by atoms with E-state index in [0.29, 0.717) is 11.8 Å². The van der Waals surface area contributed by atoms with Crippen molar-refractivity contribution in [1.29, 1.82) is 0 Å². The lowest BCUT2D eigenvalue weighted by molar-refractivity contribution is 1.18. The van der Waals surface area contributed by atoms with Crippen molar-refractivity contribution in [3.05, 3.63) is 181 Å². The molecule has 0 amide bonds. The summed E-state index contributed by atoms with van der Waals surface area (Å²) in [5.41, 5.74) is 16.6. The first-order valence-corrected chi connectivity index (χ1v) is 20.3. The van der Waals surface area contributed by atoms with Gasteiger partial charge in [-0.2, -0.15) is 0 Å². The molecule has 0 nitrogen and oxygen atoms in total. The highest BCUT2D eigenvalue weighted by Gasteiger charge is 2.50. The molecule has 0 aromatic heterocycles. The molecule has 50 heavy (non-hydrogen) atoms. The first-order valence-electron chi connectivity index (χ1n) is 17.6. The van der Waals surface area contributed by atoms with Crippen LogP contribution in [0, 0.1) is 0 Å². The van der Waals surface area contributed by atoms with Crippen molar-refractivity contribution in [3.8, 4) is 55.6 Å². The number of benzene rings is 6. The minimum absolute atomic E-state index is 0.425. The van der Waals surface area contributed by atoms with Gasteiger partial charge in [-0.15, -0.1) is 0 Å². The normalized spacial score (nSPS) is 20.2. The van der Waals surface area contributed by atoms with Crippen molar-refractivity contribution in [1.82, 2.24) is 0 Å². The molecule has 4 atom stereocenters. The van der Waals surface area contributed by atoms with Crippen LogP contribution in [0.1, 0.15) is 23.0 Å². The van der Waals surface area contributed by atoms with Gasteiger partial charge in [0.1, 0.15) is 10.6 Å². The van der Waals surface area contributed by atoms with Gasteiger partial charge in [0, 0.05) is 44.5 Å². The van der Waals surface area contributed by atoms with Crippen LogP contribution in [-0.2, 0) is 0 Å². The van der Waals surface area contributed by atoms with Gasteiger partial charge in [0.15, 0.2) is 36.3 Å². The SMILES string of the molecule is C1=CC2=[P+]3c4c(-c5ccc(-c6ccc(-c7cccc8c7[P+]7=C9C=CC=CC9c9cccc-8c97)cc6)cc5)cccc4-c4cccc(c43)C2C=C1. The highest BCUT2D eigenvalue weighted by Crippen LogP contribution is 2.53. The summed E-state index contributed by atoms with van der Waals surface area (Å²) in [6.07, 6.45) is 18.5. The van der Waals surface area contributed by atoms with Crippen LogP contribution in [0.4, 0.5) is 0 Å². The highest BCUT2D eigenvalue weighted by molar-refractivity contribution is 7.76. The number of fused-ring (bicyclic) bond motifs is 10. The van der Waals surface area contributed by atoms with Crippen LogP contribution in [0.2, 0.25) is 0 Å². The first-order chi connectivity index (χ1) is 24.8. The maximum Gasteiger partial charge on any atom is 0.176 e. The fraction of sp³-hybridized carbons (Fsp3) is 0.0417. The van der Waals surface area contributed by atoms with Crippen molar-refractivity contribution in [2.75, 3.05) is 0 Å². The largest absolute Gasteiger partial charge is 0.176 e. The molecule has 0 fully saturated rings. The number of rotatable bonds is 3. The molecule has 0 N–H and O–H groups in total. The Bertz CT molecular complexity index is 2540.